The number of benzene rings is 1. The van der Waals surface area contributed by atoms with Crippen LogP contribution in [0.4, 0.5) is 0 Å². The summed E-state index contributed by atoms with van der Waals surface area (Å²) in [6.07, 6.45) is 9.29. The molecule has 0 radical (unpaired) electrons. The van der Waals surface area contributed by atoms with E-state index >= 15 is 0 Å². The Bertz CT molecular complexity index is 410. The molecule has 21 heavy (non-hydrogen) atoms. The highest BCUT2D eigenvalue weighted by Crippen LogP contribution is 2.32. The molecule has 1 N–H and O–H groups in total. The van der Waals surface area contributed by atoms with Crippen LogP contribution in [-0.4, -0.2) is 12.6 Å². The van der Waals surface area contributed by atoms with Crippen LogP contribution < -0.4 is 5.32 Å². The van der Waals surface area contributed by atoms with Crippen molar-refractivity contribution in [2.75, 3.05) is 6.54 Å². The minimum absolute atomic E-state index is 0.728. The summed E-state index contributed by atoms with van der Waals surface area (Å²) >= 11 is 0. The summed E-state index contributed by atoms with van der Waals surface area (Å²) in [7, 11) is 0. The van der Waals surface area contributed by atoms with Gasteiger partial charge in [-0.1, -0.05) is 57.9 Å². The summed E-state index contributed by atoms with van der Waals surface area (Å²) < 4.78 is 0. The average Bonchev–Trinajstić information content (AvgIpc) is 2.70. The first-order valence-corrected chi connectivity index (χ1v) is 9.01. The van der Waals surface area contributed by atoms with Crippen LogP contribution >= 0.6 is 0 Å². The van der Waals surface area contributed by atoms with Crippen molar-refractivity contribution in [1.82, 2.24) is 5.32 Å². The molecule has 0 bridgehead atoms. The molecule has 2 unspecified atom stereocenters. The number of nitrogens with one attached hydrogen (secondary N) is 1. The normalized spacial score (nSPS) is 23.2. The lowest BCUT2D eigenvalue weighted by molar-refractivity contribution is 0.439. The second kappa shape index (κ2) is 8.58. The lowest BCUT2D eigenvalue weighted by Gasteiger charge is -2.22. The van der Waals surface area contributed by atoms with Gasteiger partial charge in [-0.3, -0.25) is 0 Å². The fourth-order valence-corrected chi connectivity index (χ4v) is 3.64. The van der Waals surface area contributed by atoms with Crippen LogP contribution in [0.2, 0.25) is 0 Å². The van der Waals surface area contributed by atoms with Crippen molar-refractivity contribution in [3.05, 3.63) is 35.4 Å². The van der Waals surface area contributed by atoms with Crippen LogP contribution in [-0.2, 0) is 6.42 Å². The molecule has 1 aromatic rings. The summed E-state index contributed by atoms with van der Waals surface area (Å²) in [5, 5.41) is 3.76. The summed E-state index contributed by atoms with van der Waals surface area (Å²) in [6, 6.07) is 10.1. The van der Waals surface area contributed by atoms with Gasteiger partial charge in [0.2, 0.25) is 0 Å². The Balaban J connectivity index is 2.04. The number of hydrogen-bond acceptors (Lipinski definition) is 1. The minimum atomic E-state index is 0.728. The Labute approximate surface area is 131 Å². The SMILES string of the molecule is CCCNC1CCCCC(c2cccc(CC(C)C)c2)C1. The van der Waals surface area contributed by atoms with Gasteiger partial charge in [0.05, 0.1) is 0 Å². The number of rotatable bonds is 6. The van der Waals surface area contributed by atoms with Crippen molar-refractivity contribution in [2.45, 2.75) is 77.7 Å². The van der Waals surface area contributed by atoms with E-state index in [-0.39, 0.29) is 0 Å². The van der Waals surface area contributed by atoms with Gasteiger partial charge in [0.25, 0.3) is 0 Å². The summed E-state index contributed by atoms with van der Waals surface area (Å²) in [4.78, 5) is 0. The van der Waals surface area contributed by atoms with E-state index < -0.39 is 0 Å². The van der Waals surface area contributed by atoms with Crippen LogP contribution in [0.15, 0.2) is 24.3 Å². The van der Waals surface area contributed by atoms with Crippen molar-refractivity contribution in [3.63, 3.8) is 0 Å². The fourth-order valence-electron chi connectivity index (χ4n) is 3.64. The molecule has 0 aliphatic heterocycles. The first kappa shape index (κ1) is 16.5. The summed E-state index contributed by atoms with van der Waals surface area (Å²) in [6.45, 7) is 8.05. The maximum absolute atomic E-state index is 3.76. The predicted molar refractivity (Wildman–Crippen MR) is 92.9 cm³/mol. The standard InChI is InChI=1S/C20H33N/c1-4-12-21-20-11-6-5-9-19(15-20)18-10-7-8-17(14-18)13-16(2)3/h7-8,10,14,16,19-21H,4-6,9,11-13,15H2,1-3H3. The molecular formula is C20H33N. The van der Waals surface area contributed by atoms with Gasteiger partial charge in [0.1, 0.15) is 0 Å². The molecule has 0 amide bonds. The van der Waals surface area contributed by atoms with Gasteiger partial charge < -0.3 is 5.32 Å². The minimum Gasteiger partial charge on any atom is -0.314 e. The molecule has 2 rings (SSSR count). The maximum atomic E-state index is 3.76. The topological polar surface area (TPSA) is 12.0 Å². The van der Waals surface area contributed by atoms with Crippen molar-refractivity contribution >= 4 is 0 Å². The van der Waals surface area contributed by atoms with Crippen molar-refractivity contribution < 1.29 is 0 Å². The fraction of sp³-hybridized carbons (Fsp3) is 0.700. The van der Waals surface area contributed by atoms with Crippen LogP contribution in [0.3, 0.4) is 0 Å². The molecule has 1 aliphatic rings. The van der Waals surface area contributed by atoms with Gasteiger partial charge in [-0.05, 0) is 61.6 Å². The second-order valence-corrected chi connectivity index (χ2v) is 7.21. The highest BCUT2D eigenvalue weighted by Gasteiger charge is 2.21. The molecule has 118 valence electrons. The summed E-state index contributed by atoms with van der Waals surface area (Å²) in [5.74, 6) is 1.50. The Hall–Kier alpha value is -0.820. The lowest BCUT2D eigenvalue weighted by atomic mass is 9.88. The van der Waals surface area contributed by atoms with E-state index in [4.69, 9.17) is 0 Å². The molecule has 1 saturated carbocycles. The summed E-state index contributed by atoms with van der Waals surface area (Å²) in [5.41, 5.74) is 3.10. The highest BCUT2D eigenvalue weighted by atomic mass is 14.9. The van der Waals surface area contributed by atoms with Crippen LogP contribution in [0, 0.1) is 5.92 Å². The third-order valence-electron chi connectivity index (χ3n) is 4.67. The van der Waals surface area contributed by atoms with Crippen LogP contribution in [0.25, 0.3) is 0 Å². The monoisotopic (exact) mass is 287 g/mol. The van der Waals surface area contributed by atoms with E-state index in [1.54, 1.807) is 5.56 Å². The lowest BCUT2D eigenvalue weighted by Crippen LogP contribution is -2.30. The van der Waals surface area contributed by atoms with Crippen LogP contribution in [0.1, 0.15) is 76.3 Å². The number of hydrogen-bond donors (Lipinski definition) is 1. The van der Waals surface area contributed by atoms with E-state index in [1.807, 2.05) is 0 Å². The van der Waals surface area contributed by atoms with Crippen LogP contribution in [0.5, 0.6) is 0 Å². The van der Waals surface area contributed by atoms with E-state index in [0.29, 0.717) is 0 Å². The zero-order valence-corrected chi connectivity index (χ0v) is 14.2. The molecular weight excluding hydrogens is 254 g/mol. The predicted octanol–water partition coefficient (Wildman–Crippen LogP) is 5.30. The molecule has 1 nitrogen and oxygen atoms in total. The van der Waals surface area contributed by atoms with Gasteiger partial charge in [-0.25, -0.2) is 0 Å². The van der Waals surface area contributed by atoms with Gasteiger partial charge in [0.15, 0.2) is 0 Å². The van der Waals surface area contributed by atoms with Crippen molar-refractivity contribution in [2.24, 2.45) is 5.92 Å². The molecule has 0 saturated heterocycles. The zero-order valence-electron chi connectivity index (χ0n) is 14.2. The molecule has 2 atom stereocenters. The van der Waals surface area contributed by atoms with E-state index in [1.165, 1.54) is 57.1 Å². The first-order valence-electron chi connectivity index (χ1n) is 9.01. The molecule has 0 heterocycles. The molecule has 1 aliphatic carbocycles. The Morgan fingerprint density at radius 1 is 1.19 bits per heavy atom. The average molecular weight is 287 g/mol. The largest absolute Gasteiger partial charge is 0.314 e. The van der Waals surface area contributed by atoms with Crippen molar-refractivity contribution in [1.29, 1.82) is 0 Å². The van der Waals surface area contributed by atoms with E-state index in [2.05, 4.69) is 50.4 Å². The quantitative estimate of drug-likeness (QED) is 0.700. The first-order chi connectivity index (χ1) is 10.2. The maximum Gasteiger partial charge on any atom is 0.00728 e. The second-order valence-electron chi connectivity index (χ2n) is 7.21. The third-order valence-corrected chi connectivity index (χ3v) is 4.67. The molecule has 1 fully saturated rings. The van der Waals surface area contributed by atoms with Crippen molar-refractivity contribution in [3.8, 4) is 0 Å². The van der Waals surface area contributed by atoms with E-state index in [9.17, 15) is 0 Å². The van der Waals surface area contributed by atoms with Gasteiger partial charge >= 0.3 is 0 Å². The van der Waals surface area contributed by atoms with Gasteiger partial charge in [0, 0.05) is 6.04 Å². The van der Waals surface area contributed by atoms with Gasteiger partial charge in [-0.2, -0.15) is 0 Å². The molecule has 0 aromatic heterocycles. The molecule has 1 heteroatoms. The van der Waals surface area contributed by atoms with E-state index in [0.717, 1.165) is 17.9 Å². The highest BCUT2D eigenvalue weighted by molar-refractivity contribution is 5.27. The molecule has 0 spiro atoms. The zero-order chi connectivity index (χ0) is 15.1. The smallest absolute Gasteiger partial charge is 0.00728 e. The Kier molecular flexibility index (Phi) is 6.76. The third kappa shape index (κ3) is 5.47. The Morgan fingerprint density at radius 3 is 2.76 bits per heavy atom. The molecule has 1 aromatic carbocycles. The Morgan fingerprint density at radius 2 is 2.00 bits per heavy atom. The van der Waals surface area contributed by atoms with Gasteiger partial charge in [-0.15, -0.1) is 0 Å².